The molecule has 0 aliphatic carbocycles. The molecule has 0 saturated carbocycles. The van der Waals surface area contributed by atoms with Gasteiger partial charge in [-0.25, -0.2) is 0 Å². The number of nitrogens with zero attached hydrogens (tertiary/aromatic N) is 2. The van der Waals surface area contributed by atoms with Crippen LogP contribution in [0.1, 0.15) is 23.8 Å². The van der Waals surface area contributed by atoms with E-state index in [2.05, 4.69) is 17.6 Å². The van der Waals surface area contributed by atoms with Gasteiger partial charge in [0.15, 0.2) is 0 Å². The Morgan fingerprint density at radius 1 is 1.59 bits per heavy atom. The highest BCUT2D eigenvalue weighted by Crippen LogP contribution is 2.24. The number of thiol groups is 1. The predicted octanol–water partition coefficient (Wildman–Crippen LogP) is 1.01. The zero-order valence-electron chi connectivity index (χ0n) is 9.28. The van der Waals surface area contributed by atoms with E-state index in [-0.39, 0.29) is 11.3 Å². The monoisotopic (exact) mass is 258 g/mol. The normalized spacial score (nSPS) is 14.4. The minimum atomic E-state index is -1.19. The number of hydrogen-bond acceptors (Lipinski definition) is 6. The molecule has 1 heterocycles. The standard InChI is InChI=1S/C10H14N2O4S/c1-6-8(10(14)9(13)2-3-17)4-7(5-11-6)12(15)16/h4-5,9-10,13-14,17H,2-3H2,1H3. The van der Waals surface area contributed by atoms with E-state index in [9.17, 15) is 20.3 Å². The number of hydrogen-bond donors (Lipinski definition) is 3. The maximum absolute atomic E-state index is 10.6. The summed E-state index contributed by atoms with van der Waals surface area (Å²) < 4.78 is 0. The highest BCUT2D eigenvalue weighted by atomic mass is 32.1. The minimum Gasteiger partial charge on any atom is -0.390 e. The minimum absolute atomic E-state index is 0.206. The SMILES string of the molecule is Cc1ncc([N+](=O)[O-])cc1C(O)C(O)CCS. The second-order valence-corrected chi connectivity index (χ2v) is 4.10. The van der Waals surface area contributed by atoms with Crippen LogP contribution in [0.25, 0.3) is 0 Å². The zero-order valence-corrected chi connectivity index (χ0v) is 10.2. The van der Waals surface area contributed by atoms with Crippen molar-refractivity contribution >= 4 is 18.3 Å². The molecule has 2 atom stereocenters. The Bertz CT molecular complexity index is 413. The van der Waals surface area contributed by atoms with Crippen molar-refractivity contribution in [3.8, 4) is 0 Å². The molecule has 0 aliphatic rings. The third-order valence-electron chi connectivity index (χ3n) is 2.43. The molecule has 0 radical (unpaired) electrons. The van der Waals surface area contributed by atoms with Crippen LogP contribution in [-0.4, -0.2) is 32.0 Å². The van der Waals surface area contributed by atoms with E-state index in [1.54, 1.807) is 6.92 Å². The molecular weight excluding hydrogens is 244 g/mol. The quantitative estimate of drug-likeness (QED) is 0.416. The summed E-state index contributed by atoms with van der Waals surface area (Å²) in [4.78, 5) is 13.8. The summed E-state index contributed by atoms with van der Waals surface area (Å²) in [5.41, 5.74) is 0.525. The van der Waals surface area contributed by atoms with Crippen molar-refractivity contribution in [1.82, 2.24) is 4.98 Å². The van der Waals surface area contributed by atoms with Crippen LogP contribution in [0.3, 0.4) is 0 Å². The summed E-state index contributed by atoms with van der Waals surface area (Å²) >= 11 is 3.95. The molecule has 7 heteroatoms. The summed E-state index contributed by atoms with van der Waals surface area (Å²) in [5.74, 6) is 0.416. The van der Waals surface area contributed by atoms with Crippen molar-refractivity contribution in [2.24, 2.45) is 0 Å². The molecule has 0 amide bonds. The highest BCUT2D eigenvalue weighted by Gasteiger charge is 2.22. The number of aliphatic hydroxyl groups is 2. The van der Waals surface area contributed by atoms with E-state index in [4.69, 9.17) is 0 Å². The Hall–Kier alpha value is -1.18. The van der Waals surface area contributed by atoms with Crippen LogP contribution in [0.15, 0.2) is 12.3 Å². The maximum atomic E-state index is 10.6. The number of aliphatic hydroxyl groups excluding tert-OH is 2. The van der Waals surface area contributed by atoms with E-state index in [0.717, 1.165) is 6.20 Å². The van der Waals surface area contributed by atoms with Crippen LogP contribution in [0, 0.1) is 17.0 Å². The average Bonchev–Trinajstić information content (AvgIpc) is 2.28. The summed E-state index contributed by atoms with van der Waals surface area (Å²) in [6, 6.07) is 1.23. The Kier molecular flexibility index (Phi) is 4.86. The van der Waals surface area contributed by atoms with Crippen molar-refractivity contribution < 1.29 is 15.1 Å². The molecule has 2 N–H and O–H groups in total. The topological polar surface area (TPSA) is 96.5 Å². The molecule has 0 aromatic carbocycles. The molecular formula is C10H14N2O4S. The lowest BCUT2D eigenvalue weighted by atomic mass is 10.0. The van der Waals surface area contributed by atoms with Crippen molar-refractivity contribution in [2.45, 2.75) is 25.6 Å². The van der Waals surface area contributed by atoms with Gasteiger partial charge in [0.1, 0.15) is 12.3 Å². The smallest absolute Gasteiger partial charge is 0.287 e. The molecule has 0 aliphatic heterocycles. The van der Waals surface area contributed by atoms with Crippen LogP contribution < -0.4 is 0 Å². The summed E-state index contributed by atoms with van der Waals surface area (Å²) in [7, 11) is 0. The summed E-state index contributed by atoms with van der Waals surface area (Å²) in [6.07, 6.45) is -0.771. The fourth-order valence-corrected chi connectivity index (χ4v) is 1.70. The van der Waals surface area contributed by atoms with Gasteiger partial charge in [0.2, 0.25) is 0 Å². The molecule has 6 nitrogen and oxygen atoms in total. The lowest BCUT2D eigenvalue weighted by Gasteiger charge is -2.18. The van der Waals surface area contributed by atoms with Crippen molar-refractivity contribution in [3.63, 3.8) is 0 Å². The van der Waals surface area contributed by atoms with E-state index in [0.29, 0.717) is 17.9 Å². The lowest BCUT2D eigenvalue weighted by Crippen LogP contribution is -2.20. The van der Waals surface area contributed by atoms with E-state index >= 15 is 0 Å². The zero-order chi connectivity index (χ0) is 13.0. The Labute approximate surface area is 104 Å². The van der Waals surface area contributed by atoms with Gasteiger partial charge in [-0.3, -0.25) is 15.1 Å². The van der Waals surface area contributed by atoms with Gasteiger partial charge in [-0.1, -0.05) is 0 Å². The molecule has 94 valence electrons. The van der Waals surface area contributed by atoms with Crippen LogP contribution in [-0.2, 0) is 0 Å². The van der Waals surface area contributed by atoms with Gasteiger partial charge < -0.3 is 10.2 Å². The number of rotatable bonds is 5. The van der Waals surface area contributed by atoms with Crippen molar-refractivity contribution in [2.75, 3.05) is 5.75 Å². The van der Waals surface area contributed by atoms with Gasteiger partial charge in [-0.2, -0.15) is 12.6 Å². The lowest BCUT2D eigenvalue weighted by molar-refractivity contribution is -0.385. The van der Waals surface area contributed by atoms with Crippen LogP contribution in [0.4, 0.5) is 5.69 Å². The van der Waals surface area contributed by atoms with Crippen LogP contribution >= 0.6 is 12.6 Å². The predicted molar refractivity (Wildman–Crippen MR) is 65.1 cm³/mol. The Morgan fingerprint density at radius 3 is 2.76 bits per heavy atom. The summed E-state index contributed by atoms with van der Waals surface area (Å²) in [6.45, 7) is 1.62. The molecule has 1 aromatic heterocycles. The molecule has 17 heavy (non-hydrogen) atoms. The Morgan fingerprint density at radius 2 is 2.24 bits per heavy atom. The number of pyridine rings is 1. The first-order valence-electron chi connectivity index (χ1n) is 5.05. The van der Waals surface area contributed by atoms with Gasteiger partial charge >= 0.3 is 0 Å². The van der Waals surface area contributed by atoms with E-state index in [1.165, 1.54) is 6.07 Å². The van der Waals surface area contributed by atoms with Gasteiger partial charge in [-0.05, 0) is 19.1 Å². The summed E-state index contributed by atoms with van der Waals surface area (Å²) in [5, 5.41) is 30.1. The molecule has 0 bridgehead atoms. The third kappa shape index (κ3) is 3.39. The fourth-order valence-electron chi connectivity index (χ4n) is 1.44. The molecule has 0 saturated heterocycles. The first-order chi connectivity index (χ1) is 7.97. The average molecular weight is 258 g/mol. The molecule has 1 rings (SSSR count). The highest BCUT2D eigenvalue weighted by molar-refractivity contribution is 7.80. The van der Waals surface area contributed by atoms with Crippen molar-refractivity contribution in [3.05, 3.63) is 33.6 Å². The number of nitro groups is 1. The second kappa shape index (κ2) is 5.95. The van der Waals surface area contributed by atoms with Gasteiger partial charge in [0.05, 0.1) is 11.0 Å². The van der Waals surface area contributed by atoms with Crippen LogP contribution in [0.5, 0.6) is 0 Å². The van der Waals surface area contributed by atoms with E-state index in [1.807, 2.05) is 0 Å². The Balaban J connectivity index is 3.03. The first kappa shape index (κ1) is 13.9. The van der Waals surface area contributed by atoms with Crippen LogP contribution in [0.2, 0.25) is 0 Å². The largest absolute Gasteiger partial charge is 0.390 e. The first-order valence-corrected chi connectivity index (χ1v) is 5.68. The fraction of sp³-hybridized carbons (Fsp3) is 0.500. The van der Waals surface area contributed by atoms with Gasteiger partial charge in [0.25, 0.3) is 5.69 Å². The van der Waals surface area contributed by atoms with Gasteiger partial charge in [0, 0.05) is 17.3 Å². The van der Waals surface area contributed by atoms with Gasteiger partial charge in [-0.15, -0.1) is 0 Å². The molecule has 2 unspecified atom stereocenters. The van der Waals surface area contributed by atoms with E-state index < -0.39 is 17.1 Å². The molecule has 0 fully saturated rings. The maximum Gasteiger partial charge on any atom is 0.287 e. The number of aryl methyl sites for hydroxylation is 1. The molecule has 1 aromatic rings. The second-order valence-electron chi connectivity index (χ2n) is 3.65. The number of aromatic nitrogens is 1. The third-order valence-corrected chi connectivity index (χ3v) is 2.69. The molecule has 0 spiro atoms. The van der Waals surface area contributed by atoms with Crippen molar-refractivity contribution in [1.29, 1.82) is 0 Å².